The summed E-state index contributed by atoms with van der Waals surface area (Å²) >= 11 is 1.40. The first-order valence-electron chi connectivity index (χ1n) is 7.94. The average molecular weight is 370 g/mol. The Labute approximate surface area is 155 Å². The predicted octanol–water partition coefficient (Wildman–Crippen LogP) is 1.86. The van der Waals surface area contributed by atoms with Gasteiger partial charge in [-0.05, 0) is 30.3 Å². The number of thioether (sulfide) groups is 1. The number of hydrogen-bond acceptors (Lipinski definition) is 5. The molecule has 1 aromatic carbocycles. The SMILES string of the molecule is CN(C)C(=O)c1ccc2c(c1)N(CC(=O)Nc1ccncc1)C(=O)CS2. The fourth-order valence-electron chi connectivity index (χ4n) is 2.55. The first-order chi connectivity index (χ1) is 12.5. The van der Waals surface area contributed by atoms with E-state index in [4.69, 9.17) is 0 Å². The number of carbonyl (C=O) groups is 3. The smallest absolute Gasteiger partial charge is 0.253 e. The van der Waals surface area contributed by atoms with Crippen LogP contribution in [0.2, 0.25) is 0 Å². The van der Waals surface area contributed by atoms with Crippen molar-refractivity contribution in [1.82, 2.24) is 9.88 Å². The Bertz CT molecular complexity index is 855. The third kappa shape index (κ3) is 3.85. The van der Waals surface area contributed by atoms with Gasteiger partial charge in [0.2, 0.25) is 11.8 Å². The molecular formula is C18H18N4O3S. The highest BCUT2D eigenvalue weighted by Gasteiger charge is 2.27. The fraction of sp³-hybridized carbons (Fsp3) is 0.222. The van der Waals surface area contributed by atoms with Gasteiger partial charge >= 0.3 is 0 Å². The molecule has 0 saturated heterocycles. The molecule has 3 amide bonds. The van der Waals surface area contributed by atoms with Gasteiger partial charge in [0.25, 0.3) is 5.91 Å². The van der Waals surface area contributed by atoms with Crippen LogP contribution in [0.3, 0.4) is 0 Å². The first kappa shape index (κ1) is 17.9. The Balaban J connectivity index is 1.84. The molecule has 0 saturated carbocycles. The van der Waals surface area contributed by atoms with Crippen LogP contribution in [0.15, 0.2) is 47.6 Å². The molecule has 8 heteroatoms. The lowest BCUT2D eigenvalue weighted by molar-refractivity contribution is -0.120. The van der Waals surface area contributed by atoms with E-state index in [1.54, 1.807) is 50.8 Å². The molecule has 0 unspecified atom stereocenters. The molecule has 0 atom stereocenters. The van der Waals surface area contributed by atoms with Crippen molar-refractivity contribution in [1.29, 1.82) is 0 Å². The highest BCUT2D eigenvalue weighted by Crippen LogP contribution is 2.36. The molecule has 0 radical (unpaired) electrons. The highest BCUT2D eigenvalue weighted by molar-refractivity contribution is 8.00. The third-order valence-corrected chi connectivity index (χ3v) is 4.87. The summed E-state index contributed by atoms with van der Waals surface area (Å²) in [6.45, 7) is -0.117. The molecule has 1 aromatic heterocycles. The van der Waals surface area contributed by atoms with Gasteiger partial charge in [0, 0.05) is 42.6 Å². The molecule has 0 bridgehead atoms. The van der Waals surface area contributed by atoms with E-state index in [0.29, 0.717) is 16.9 Å². The Morgan fingerprint density at radius 2 is 1.96 bits per heavy atom. The molecule has 3 rings (SSSR count). The number of hydrogen-bond donors (Lipinski definition) is 1. The lowest BCUT2D eigenvalue weighted by Gasteiger charge is -2.29. The van der Waals surface area contributed by atoms with Crippen molar-refractivity contribution in [3.8, 4) is 0 Å². The zero-order valence-corrected chi connectivity index (χ0v) is 15.2. The van der Waals surface area contributed by atoms with Crippen LogP contribution in [0.4, 0.5) is 11.4 Å². The zero-order valence-electron chi connectivity index (χ0n) is 14.4. The summed E-state index contributed by atoms with van der Waals surface area (Å²) in [7, 11) is 3.34. The van der Waals surface area contributed by atoms with E-state index in [9.17, 15) is 14.4 Å². The lowest BCUT2D eigenvalue weighted by atomic mass is 10.1. The Kier molecular flexibility index (Phi) is 5.22. The van der Waals surface area contributed by atoms with Gasteiger partial charge in [-0.25, -0.2) is 0 Å². The van der Waals surface area contributed by atoms with Crippen LogP contribution in [0, 0.1) is 0 Å². The number of anilines is 2. The number of carbonyl (C=O) groups excluding carboxylic acids is 3. The van der Waals surface area contributed by atoms with Crippen molar-refractivity contribution in [2.45, 2.75) is 4.90 Å². The second kappa shape index (κ2) is 7.57. The van der Waals surface area contributed by atoms with Gasteiger partial charge in [-0.15, -0.1) is 11.8 Å². The van der Waals surface area contributed by atoms with E-state index in [-0.39, 0.29) is 30.0 Å². The van der Waals surface area contributed by atoms with Crippen LogP contribution in [0.25, 0.3) is 0 Å². The van der Waals surface area contributed by atoms with Crippen LogP contribution in [0.5, 0.6) is 0 Å². The van der Waals surface area contributed by atoms with Crippen LogP contribution in [-0.4, -0.2) is 54.0 Å². The topological polar surface area (TPSA) is 82.6 Å². The van der Waals surface area contributed by atoms with E-state index < -0.39 is 0 Å². The second-order valence-electron chi connectivity index (χ2n) is 5.93. The number of pyridine rings is 1. The lowest BCUT2D eigenvalue weighted by Crippen LogP contribution is -2.41. The summed E-state index contributed by atoms with van der Waals surface area (Å²) in [5.74, 6) is -0.373. The van der Waals surface area contributed by atoms with Gasteiger partial charge in [-0.1, -0.05) is 0 Å². The molecule has 0 spiro atoms. The van der Waals surface area contributed by atoms with Gasteiger partial charge in [-0.2, -0.15) is 0 Å². The standard InChI is InChI=1S/C18H18N4O3S/c1-21(2)18(25)12-3-4-15-14(9-12)22(17(24)11-26-15)10-16(23)20-13-5-7-19-8-6-13/h3-9H,10-11H2,1-2H3,(H,19,20,23). The Morgan fingerprint density at radius 1 is 1.23 bits per heavy atom. The normalized spacial score (nSPS) is 13.2. The van der Waals surface area contributed by atoms with E-state index in [0.717, 1.165) is 4.90 Å². The molecular weight excluding hydrogens is 352 g/mol. The van der Waals surface area contributed by atoms with Crippen LogP contribution in [-0.2, 0) is 9.59 Å². The van der Waals surface area contributed by atoms with Gasteiger partial charge < -0.3 is 15.1 Å². The van der Waals surface area contributed by atoms with Crippen LogP contribution in [0.1, 0.15) is 10.4 Å². The van der Waals surface area contributed by atoms with Crippen LogP contribution < -0.4 is 10.2 Å². The summed E-state index contributed by atoms with van der Waals surface area (Å²) in [5.41, 5.74) is 1.67. The molecule has 2 aromatic rings. The van der Waals surface area contributed by atoms with Gasteiger partial charge in [-0.3, -0.25) is 19.4 Å². The third-order valence-electron chi connectivity index (χ3n) is 3.82. The predicted molar refractivity (Wildman–Crippen MR) is 100 cm³/mol. The molecule has 0 aliphatic carbocycles. The van der Waals surface area contributed by atoms with Gasteiger partial charge in [0.1, 0.15) is 6.54 Å². The van der Waals surface area contributed by atoms with Crippen molar-refractivity contribution in [2.75, 3.05) is 36.6 Å². The molecule has 134 valence electrons. The number of amides is 3. The summed E-state index contributed by atoms with van der Waals surface area (Å²) < 4.78 is 0. The van der Waals surface area contributed by atoms with Crippen molar-refractivity contribution in [2.24, 2.45) is 0 Å². The summed E-state index contributed by atoms with van der Waals surface area (Å²) in [5, 5.41) is 2.74. The number of nitrogens with zero attached hydrogens (tertiary/aromatic N) is 3. The maximum atomic E-state index is 12.4. The zero-order chi connectivity index (χ0) is 18.7. The quantitative estimate of drug-likeness (QED) is 0.888. The average Bonchev–Trinajstić information content (AvgIpc) is 2.64. The number of fused-ring (bicyclic) bond motifs is 1. The molecule has 2 heterocycles. The van der Waals surface area contributed by atoms with Crippen molar-refractivity contribution in [3.05, 3.63) is 48.3 Å². The minimum absolute atomic E-state index is 0.117. The van der Waals surface area contributed by atoms with E-state index in [1.165, 1.54) is 21.6 Å². The number of nitrogens with one attached hydrogen (secondary N) is 1. The Hall–Kier alpha value is -2.87. The number of aromatic nitrogens is 1. The molecule has 0 fully saturated rings. The van der Waals surface area contributed by atoms with E-state index in [1.807, 2.05) is 6.07 Å². The van der Waals surface area contributed by atoms with E-state index >= 15 is 0 Å². The Morgan fingerprint density at radius 3 is 2.65 bits per heavy atom. The van der Waals surface area contributed by atoms with Crippen LogP contribution >= 0.6 is 11.8 Å². The highest BCUT2D eigenvalue weighted by atomic mass is 32.2. The minimum Gasteiger partial charge on any atom is -0.345 e. The maximum Gasteiger partial charge on any atom is 0.253 e. The summed E-state index contributed by atoms with van der Waals surface area (Å²) in [6, 6.07) is 8.57. The molecule has 1 aliphatic rings. The minimum atomic E-state index is -0.313. The largest absolute Gasteiger partial charge is 0.345 e. The second-order valence-corrected chi connectivity index (χ2v) is 6.95. The maximum absolute atomic E-state index is 12.4. The monoisotopic (exact) mass is 370 g/mol. The molecule has 1 N–H and O–H groups in total. The van der Waals surface area contributed by atoms with Crippen molar-refractivity contribution >= 4 is 40.9 Å². The number of rotatable bonds is 4. The van der Waals surface area contributed by atoms with Gasteiger partial charge in [0.15, 0.2) is 0 Å². The number of benzene rings is 1. The first-order valence-corrected chi connectivity index (χ1v) is 8.93. The van der Waals surface area contributed by atoms with Crippen molar-refractivity contribution in [3.63, 3.8) is 0 Å². The molecule has 26 heavy (non-hydrogen) atoms. The van der Waals surface area contributed by atoms with Crippen molar-refractivity contribution < 1.29 is 14.4 Å². The summed E-state index contributed by atoms with van der Waals surface area (Å²) in [4.78, 5) is 44.6. The van der Waals surface area contributed by atoms with Gasteiger partial charge in [0.05, 0.1) is 11.4 Å². The summed E-state index contributed by atoms with van der Waals surface area (Å²) in [6.07, 6.45) is 3.15. The van der Waals surface area contributed by atoms with E-state index in [2.05, 4.69) is 10.3 Å². The fourth-order valence-corrected chi connectivity index (χ4v) is 3.46. The molecule has 7 nitrogen and oxygen atoms in total. The molecule has 1 aliphatic heterocycles.